The fourth-order valence-corrected chi connectivity index (χ4v) is 9.66. The van der Waals surface area contributed by atoms with E-state index in [1.807, 2.05) is 0 Å². The van der Waals surface area contributed by atoms with Crippen molar-refractivity contribution in [3.8, 4) is 11.4 Å². The van der Waals surface area contributed by atoms with Crippen molar-refractivity contribution in [3.63, 3.8) is 0 Å². The second-order valence-corrected chi connectivity index (χ2v) is 17.8. The fraction of sp³-hybridized carbons (Fsp3) is 0.412. The van der Waals surface area contributed by atoms with E-state index >= 15 is 8.78 Å². The number of hydrogen-bond donors (Lipinski definition) is 0. The second kappa shape index (κ2) is 17.5. The number of halogens is 18. The molecule has 66 heavy (non-hydrogen) atoms. The molecule has 0 saturated carbocycles. The van der Waals surface area contributed by atoms with E-state index in [9.17, 15) is 39.5 Å². The molecule has 7 heterocycles. The van der Waals surface area contributed by atoms with Gasteiger partial charge in [-0.15, -0.1) is 24.9 Å². The van der Waals surface area contributed by atoms with Crippen molar-refractivity contribution < 1.29 is 48.3 Å². The summed E-state index contributed by atoms with van der Waals surface area (Å²) in [7, 11) is 0. The summed E-state index contributed by atoms with van der Waals surface area (Å²) in [5.74, 6) is -5.52. The van der Waals surface area contributed by atoms with E-state index in [0.29, 0.717) is 10.7 Å². The predicted octanol–water partition coefficient (Wildman–Crippen LogP) is 11.6. The Morgan fingerprint density at radius 1 is 0.667 bits per heavy atom. The van der Waals surface area contributed by atoms with Crippen molar-refractivity contribution in [2.45, 2.75) is 89.4 Å². The molecule has 7 rings (SSSR count). The number of aromatic nitrogens is 12. The molecule has 32 heteroatoms. The van der Waals surface area contributed by atoms with Gasteiger partial charge in [0.2, 0.25) is 0 Å². The summed E-state index contributed by atoms with van der Waals surface area (Å²) in [6.07, 6.45) is -16.6. The minimum Gasteiger partial charge on any atom is -0.234 e. The van der Waals surface area contributed by atoms with Crippen LogP contribution in [-0.2, 0) is 42.9 Å². The van der Waals surface area contributed by atoms with Crippen molar-refractivity contribution in [1.82, 2.24) is 58.9 Å². The smallest absolute Gasteiger partial charge is 0.234 e. The molecule has 1 atom stereocenters. The van der Waals surface area contributed by atoms with Crippen LogP contribution in [0.25, 0.3) is 17.1 Å². The monoisotopic (exact) mass is 1220 g/mol. The quantitative estimate of drug-likeness (QED) is 0.0515. The third kappa shape index (κ3) is 8.31. The molecule has 6 aromatic rings. The molecule has 1 unspecified atom stereocenters. The summed E-state index contributed by atoms with van der Waals surface area (Å²) in [6, 6.07) is 2.47. The van der Waals surface area contributed by atoms with Crippen molar-refractivity contribution in [1.29, 1.82) is 0 Å². The second-order valence-electron chi connectivity index (χ2n) is 14.0. The molecule has 0 aliphatic carbocycles. The Hall–Kier alpha value is -3.51. The Morgan fingerprint density at radius 2 is 1.21 bits per heavy atom. The van der Waals surface area contributed by atoms with Crippen LogP contribution in [0.1, 0.15) is 68.3 Å². The molecular formula is C34H26BrCl5F11IN14. The predicted molar refractivity (Wildman–Crippen MR) is 230 cm³/mol. The minimum absolute atomic E-state index is 0.00498. The van der Waals surface area contributed by atoms with Crippen LogP contribution in [0.3, 0.4) is 0 Å². The zero-order chi connectivity index (χ0) is 49.0. The van der Waals surface area contributed by atoms with Crippen LogP contribution in [0.2, 0.25) is 20.5 Å². The first-order chi connectivity index (χ1) is 30.5. The molecule has 0 aromatic carbocycles. The third-order valence-electron chi connectivity index (χ3n) is 9.86. The van der Waals surface area contributed by atoms with Gasteiger partial charge in [0, 0.05) is 23.3 Å². The number of allylic oxidation sites excluding steroid dienone is 1. The Labute approximate surface area is 410 Å². The van der Waals surface area contributed by atoms with Crippen LogP contribution in [0.5, 0.6) is 0 Å². The van der Waals surface area contributed by atoms with Crippen LogP contribution in [0, 0.1) is 3.70 Å². The van der Waals surface area contributed by atoms with Gasteiger partial charge in [0.15, 0.2) is 29.5 Å². The van der Waals surface area contributed by atoms with E-state index in [4.69, 9.17) is 58.0 Å². The maximum Gasteiger partial charge on any atom is 0.459 e. The van der Waals surface area contributed by atoms with Crippen molar-refractivity contribution in [3.05, 3.63) is 93.0 Å². The van der Waals surface area contributed by atoms with Gasteiger partial charge in [-0.05, 0) is 82.4 Å². The fourth-order valence-electron chi connectivity index (χ4n) is 6.95. The van der Waals surface area contributed by atoms with E-state index in [-0.39, 0.29) is 73.2 Å². The van der Waals surface area contributed by atoms with Gasteiger partial charge in [0.05, 0.1) is 22.8 Å². The summed E-state index contributed by atoms with van der Waals surface area (Å²) < 4.78 is 158. The summed E-state index contributed by atoms with van der Waals surface area (Å²) in [5, 5.41) is 22.4. The maximum absolute atomic E-state index is 15.2. The Kier molecular flexibility index (Phi) is 13.3. The molecule has 1 aliphatic rings. The van der Waals surface area contributed by atoms with E-state index < -0.39 is 74.2 Å². The molecule has 14 nitrogen and oxygen atoms in total. The minimum atomic E-state index is -6.13. The topological polar surface area (TPSA) is 113 Å². The average Bonchev–Trinajstić information content (AvgIpc) is 4.08. The summed E-state index contributed by atoms with van der Waals surface area (Å²) >= 11 is 39.8. The average molecular weight is 1220 g/mol. The largest absolute Gasteiger partial charge is 0.459 e. The van der Waals surface area contributed by atoms with Crippen molar-refractivity contribution >= 4 is 102 Å². The van der Waals surface area contributed by atoms with Gasteiger partial charge in [0.1, 0.15) is 22.8 Å². The first-order valence-electron chi connectivity index (χ1n) is 18.7. The van der Waals surface area contributed by atoms with Gasteiger partial charge in [-0.25, -0.2) is 18.7 Å². The van der Waals surface area contributed by atoms with Crippen LogP contribution >= 0.6 is 96.5 Å². The SMILES string of the molecule is CCC1=C(n2nc(C(F)(F)C(F)(F)F)cc2CC)C(Cl)(n2cc(Cl)c(Cl)n2)N(n2nc(I)c(-n3nc(CC(F)(F)F)cc3CC)c2Cl)N1n1nc(Br)c(-n2nc(C(F)(F)F)cc2CC)c1Cl. The number of hydrazine groups is 1. The van der Waals surface area contributed by atoms with Gasteiger partial charge in [-0.2, -0.15) is 73.8 Å². The Morgan fingerprint density at radius 3 is 1.74 bits per heavy atom. The number of alkyl halides is 12. The van der Waals surface area contributed by atoms with E-state index in [2.05, 4.69) is 46.5 Å². The lowest BCUT2D eigenvalue weighted by molar-refractivity contribution is -0.291. The van der Waals surface area contributed by atoms with Gasteiger partial charge < -0.3 is 0 Å². The highest BCUT2D eigenvalue weighted by atomic mass is 127. The van der Waals surface area contributed by atoms with Crippen LogP contribution in [0.4, 0.5) is 48.3 Å². The third-order valence-corrected chi connectivity index (χ3v) is 12.9. The van der Waals surface area contributed by atoms with Crippen LogP contribution in [0.15, 0.2) is 34.7 Å². The van der Waals surface area contributed by atoms with Crippen LogP contribution in [-0.4, -0.2) is 71.3 Å². The molecule has 0 saturated heterocycles. The van der Waals surface area contributed by atoms with Gasteiger partial charge in [-0.3, -0.25) is 0 Å². The zero-order valence-corrected chi connectivity index (χ0v) is 40.9. The molecule has 0 N–H and O–H groups in total. The standard InChI is InChI=1S/C34H26BrCl5F11IN14/c1-5-15-9-14(12-30(41,42)43)53-61(15)23-28(39)64(58-29(23)52)66-32(40,59-13-18(36)26(37)57-59)24(62-17(7-3)10-20(54-62)31(44,45)34(49,50)51)19(8-4)65(66)63-27(38)22(25(35)56-63)60-16(6-2)11-21(55-60)33(46,47)48/h9-11,13H,5-8,12H2,1-4H3. The maximum atomic E-state index is 15.2. The highest BCUT2D eigenvalue weighted by Crippen LogP contribution is 2.51. The molecule has 6 aromatic heterocycles. The normalized spacial score (nSPS) is 16.6. The summed E-state index contributed by atoms with van der Waals surface area (Å²) in [5.41, 5.74) is -4.63. The van der Waals surface area contributed by atoms with E-state index in [0.717, 1.165) is 46.1 Å². The number of aryl methyl sites for hydroxylation is 3. The van der Waals surface area contributed by atoms with E-state index in [1.165, 1.54) is 26.8 Å². The molecule has 1 aliphatic heterocycles. The van der Waals surface area contributed by atoms with Crippen molar-refractivity contribution in [2.75, 3.05) is 10.2 Å². The molecule has 0 bridgehead atoms. The van der Waals surface area contributed by atoms with Gasteiger partial charge in [0.25, 0.3) is 5.12 Å². The summed E-state index contributed by atoms with van der Waals surface area (Å²) in [6.45, 7) is 6.06. The first kappa shape index (κ1) is 50.4. The molecule has 0 spiro atoms. The highest BCUT2D eigenvalue weighted by molar-refractivity contribution is 14.1. The highest BCUT2D eigenvalue weighted by Gasteiger charge is 2.62. The summed E-state index contributed by atoms with van der Waals surface area (Å²) in [4.78, 5) is 1.67. The number of hydrogen-bond acceptors (Lipinski definition) is 8. The van der Waals surface area contributed by atoms with Crippen LogP contribution < -0.4 is 10.2 Å². The lowest BCUT2D eigenvalue weighted by Gasteiger charge is -2.39. The Balaban J connectivity index is 1.61. The molecule has 0 radical (unpaired) electrons. The zero-order valence-electron chi connectivity index (χ0n) is 33.4. The van der Waals surface area contributed by atoms with E-state index in [1.54, 1.807) is 29.5 Å². The lowest BCUT2D eigenvalue weighted by atomic mass is 10.2. The van der Waals surface area contributed by atoms with Gasteiger partial charge in [-0.1, -0.05) is 85.7 Å². The molecule has 0 amide bonds. The molecular weight excluding hydrogens is 1200 g/mol. The molecule has 0 fully saturated rings. The lowest BCUT2D eigenvalue weighted by Crippen LogP contribution is -2.61. The first-order valence-corrected chi connectivity index (χ1v) is 22.5. The molecule has 358 valence electrons. The Bertz CT molecular complexity index is 2850. The number of rotatable bonds is 12. The van der Waals surface area contributed by atoms with Crippen molar-refractivity contribution in [2.24, 2.45) is 0 Å². The van der Waals surface area contributed by atoms with Gasteiger partial charge >= 0.3 is 24.5 Å². The number of nitrogens with zero attached hydrogens (tertiary/aromatic N) is 14.